The van der Waals surface area contributed by atoms with Crippen molar-refractivity contribution in [1.29, 1.82) is 0 Å². The second kappa shape index (κ2) is 4.07. The molecule has 0 aliphatic rings. The van der Waals surface area contributed by atoms with E-state index >= 15 is 0 Å². The van der Waals surface area contributed by atoms with Crippen LogP contribution in [0.15, 0.2) is 24.4 Å². The number of hydrogen-bond donors (Lipinski definition) is 1. The molecule has 1 aromatic heterocycles. The number of rotatable bonds is 3. The van der Waals surface area contributed by atoms with Gasteiger partial charge in [-0.15, -0.1) is 11.6 Å². The Kier molecular flexibility index (Phi) is 3.05. The minimum atomic E-state index is -0.916. The van der Waals surface area contributed by atoms with Gasteiger partial charge in [0.2, 0.25) is 0 Å². The molecule has 4 heteroatoms. The van der Waals surface area contributed by atoms with Gasteiger partial charge >= 0.3 is 5.97 Å². The van der Waals surface area contributed by atoms with Crippen LogP contribution >= 0.6 is 11.6 Å². The molecule has 1 N–H and O–H groups in total. The Morgan fingerprint density at radius 3 is 2.92 bits per heavy atom. The van der Waals surface area contributed by atoms with Gasteiger partial charge in [-0.25, -0.2) is 0 Å². The van der Waals surface area contributed by atoms with Gasteiger partial charge in [-0.1, -0.05) is 6.07 Å². The van der Waals surface area contributed by atoms with Gasteiger partial charge in [0.05, 0.1) is 17.5 Å². The first kappa shape index (κ1) is 9.00. The largest absolute Gasteiger partial charge is 0.481 e. The molecule has 3 nitrogen and oxygen atoms in total. The number of carboxylic acids is 1. The number of carboxylic acid groups (broad SMARTS) is 1. The van der Waals surface area contributed by atoms with E-state index in [2.05, 4.69) is 4.98 Å². The van der Waals surface area contributed by atoms with Crippen LogP contribution in [-0.4, -0.2) is 16.1 Å². The molecule has 1 heterocycles. The number of hydrogen-bond acceptors (Lipinski definition) is 2. The average molecular weight is 186 g/mol. The smallest absolute Gasteiger partial charge is 0.305 e. The van der Waals surface area contributed by atoms with E-state index in [9.17, 15) is 4.79 Å². The predicted molar refractivity (Wildman–Crippen MR) is 45.1 cm³/mol. The third kappa shape index (κ3) is 2.51. The zero-order chi connectivity index (χ0) is 8.97. The van der Waals surface area contributed by atoms with Crippen molar-refractivity contribution >= 4 is 17.6 Å². The predicted octanol–water partition coefficient (Wildman–Crippen LogP) is 1.84. The van der Waals surface area contributed by atoms with Crippen LogP contribution < -0.4 is 0 Å². The van der Waals surface area contributed by atoms with Gasteiger partial charge in [0, 0.05) is 6.20 Å². The molecule has 0 radical (unpaired) electrons. The fraction of sp³-hybridized carbons (Fsp3) is 0.250. The molecular formula is C8H8ClNO2. The fourth-order valence-electron chi connectivity index (χ4n) is 0.819. The Balaban J connectivity index is 2.65. The Bertz CT molecular complexity index is 263. The third-order valence-electron chi connectivity index (χ3n) is 1.36. The molecule has 0 spiro atoms. The van der Waals surface area contributed by atoms with Crippen LogP contribution in [0, 0.1) is 0 Å². The first-order valence-electron chi connectivity index (χ1n) is 3.47. The zero-order valence-corrected chi connectivity index (χ0v) is 7.03. The second-order valence-corrected chi connectivity index (χ2v) is 2.85. The van der Waals surface area contributed by atoms with Gasteiger partial charge < -0.3 is 5.11 Å². The molecule has 0 amide bonds. The molecular weight excluding hydrogens is 178 g/mol. The van der Waals surface area contributed by atoms with E-state index in [4.69, 9.17) is 16.7 Å². The fourth-order valence-corrected chi connectivity index (χ4v) is 1.08. The number of alkyl halides is 1. The topological polar surface area (TPSA) is 50.2 Å². The summed E-state index contributed by atoms with van der Waals surface area (Å²) in [5, 5.41) is 7.89. The quantitative estimate of drug-likeness (QED) is 0.731. The zero-order valence-electron chi connectivity index (χ0n) is 6.27. The van der Waals surface area contributed by atoms with Gasteiger partial charge in [-0.05, 0) is 12.1 Å². The molecule has 0 saturated heterocycles. The van der Waals surface area contributed by atoms with Crippen LogP contribution in [0.3, 0.4) is 0 Å². The summed E-state index contributed by atoms with van der Waals surface area (Å²) in [7, 11) is 0. The highest BCUT2D eigenvalue weighted by atomic mass is 35.5. The van der Waals surface area contributed by atoms with E-state index in [1.807, 2.05) is 0 Å². The number of pyridine rings is 1. The van der Waals surface area contributed by atoms with Crippen molar-refractivity contribution in [2.75, 3.05) is 0 Å². The van der Waals surface area contributed by atoms with E-state index < -0.39 is 11.3 Å². The normalized spacial score (nSPS) is 12.4. The van der Waals surface area contributed by atoms with Crippen molar-refractivity contribution in [2.45, 2.75) is 11.8 Å². The van der Waals surface area contributed by atoms with Gasteiger partial charge in [-0.2, -0.15) is 0 Å². The Hall–Kier alpha value is -1.09. The first-order chi connectivity index (χ1) is 5.70. The van der Waals surface area contributed by atoms with Gasteiger partial charge in [0.15, 0.2) is 0 Å². The van der Waals surface area contributed by atoms with Crippen LogP contribution in [0.1, 0.15) is 17.5 Å². The van der Waals surface area contributed by atoms with E-state index in [0.717, 1.165) is 0 Å². The third-order valence-corrected chi connectivity index (χ3v) is 1.74. The lowest BCUT2D eigenvalue weighted by molar-refractivity contribution is -0.137. The van der Waals surface area contributed by atoms with Gasteiger partial charge in [-0.3, -0.25) is 9.78 Å². The lowest BCUT2D eigenvalue weighted by Crippen LogP contribution is -2.02. The van der Waals surface area contributed by atoms with Crippen LogP contribution in [0.25, 0.3) is 0 Å². The van der Waals surface area contributed by atoms with Crippen molar-refractivity contribution in [3.05, 3.63) is 30.1 Å². The summed E-state index contributed by atoms with van der Waals surface area (Å²) >= 11 is 5.76. The summed E-state index contributed by atoms with van der Waals surface area (Å²) in [6.07, 6.45) is 1.49. The maximum absolute atomic E-state index is 10.3. The second-order valence-electron chi connectivity index (χ2n) is 2.32. The van der Waals surface area contributed by atoms with Crippen molar-refractivity contribution in [3.8, 4) is 0 Å². The maximum atomic E-state index is 10.3. The molecule has 0 fully saturated rings. The maximum Gasteiger partial charge on any atom is 0.305 e. The van der Waals surface area contributed by atoms with Crippen molar-refractivity contribution in [2.24, 2.45) is 0 Å². The Morgan fingerprint density at radius 1 is 1.67 bits per heavy atom. The molecule has 1 aromatic rings. The van der Waals surface area contributed by atoms with Crippen LogP contribution in [0.4, 0.5) is 0 Å². The lowest BCUT2D eigenvalue weighted by atomic mass is 10.2. The molecule has 1 rings (SSSR count). The minimum Gasteiger partial charge on any atom is -0.481 e. The van der Waals surface area contributed by atoms with E-state index in [1.165, 1.54) is 0 Å². The van der Waals surface area contributed by atoms with Crippen molar-refractivity contribution < 1.29 is 9.90 Å². The molecule has 0 aromatic carbocycles. The number of carbonyl (C=O) groups is 1. The molecule has 0 bridgehead atoms. The van der Waals surface area contributed by atoms with Gasteiger partial charge in [0.1, 0.15) is 0 Å². The van der Waals surface area contributed by atoms with Crippen molar-refractivity contribution in [1.82, 2.24) is 4.98 Å². The highest BCUT2D eigenvalue weighted by Crippen LogP contribution is 2.21. The van der Waals surface area contributed by atoms with Crippen LogP contribution in [0.2, 0.25) is 0 Å². The number of nitrogens with zero attached hydrogens (tertiary/aromatic N) is 1. The first-order valence-corrected chi connectivity index (χ1v) is 3.90. The van der Waals surface area contributed by atoms with Gasteiger partial charge in [0.25, 0.3) is 0 Å². The SMILES string of the molecule is O=C(O)CC(Cl)c1ccccn1. The van der Waals surface area contributed by atoms with E-state index in [-0.39, 0.29) is 6.42 Å². The molecule has 0 aliphatic carbocycles. The Labute approximate surface area is 75.0 Å². The highest BCUT2D eigenvalue weighted by molar-refractivity contribution is 6.21. The molecule has 1 atom stereocenters. The lowest BCUT2D eigenvalue weighted by Gasteiger charge is -2.03. The molecule has 12 heavy (non-hydrogen) atoms. The number of aromatic nitrogens is 1. The number of halogens is 1. The summed E-state index contributed by atoms with van der Waals surface area (Å²) < 4.78 is 0. The molecule has 64 valence electrons. The van der Waals surface area contributed by atoms with E-state index in [0.29, 0.717) is 5.69 Å². The minimum absolute atomic E-state index is 0.0986. The summed E-state index contributed by atoms with van der Waals surface area (Å²) in [5.41, 5.74) is 0.599. The van der Waals surface area contributed by atoms with Crippen molar-refractivity contribution in [3.63, 3.8) is 0 Å². The number of aliphatic carboxylic acids is 1. The molecule has 1 unspecified atom stereocenters. The summed E-state index contributed by atoms with van der Waals surface area (Å²) in [4.78, 5) is 14.2. The summed E-state index contributed by atoms with van der Waals surface area (Å²) in [5.74, 6) is -0.916. The average Bonchev–Trinajstić information content (AvgIpc) is 2.05. The monoisotopic (exact) mass is 185 g/mol. The van der Waals surface area contributed by atoms with E-state index in [1.54, 1.807) is 24.4 Å². The van der Waals surface area contributed by atoms with Crippen LogP contribution in [0.5, 0.6) is 0 Å². The summed E-state index contributed by atoms with van der Waals surface area (Å²) in [6.45, 7) is 0. The van der Waals surface area contributed by atoms with Crippen LogP contribution in [-0.2, 0) is 4.79 Å². The molecule has 0 saturated carbocycles. The summed E-state index contributed by atoms with van der Waals surface area (Å²) in [6, 6.07) is 5.24. The highest BCUT2D eigenvalue weighted by Gasteiger charge is 2.12. The Morgan fingerprint density at radius 2 is 2.42 bits per heavy atom. The molecule has 0 aliphatic heterocycles. The standard InChI is InChI=1S/C8H8ClNO2/c9-6(5-8(11)12)7-3-1-2-4-10-7/h1-4,6H,5H2,(H,11,12).